The van der Waals surface area contributed by atoms with E-state index in [1.165, 1.54) is 6.42 Å². The van der Waals surface area contributed by atoms with E-state index in [1.54, 1.807) is 17.3 Å². The van der Waals surface area contributed by atoms with Crippen LogP contribution >= 0.6 is 0 Å². The molecule has 1 saturated heterocycles. The molecule has 2 fully saturated rings. The summed E-state index contributed by atoms with van der Waals surface area (Å²) in [5.41, 5.74) is 3.32. The van der Waals surface area contributed by atoms with Crippen LogP contribution in [0, 0.1) is 5.92 Å². The summed E-state index contributed by atoms with van der Waals surface area (Å²) in [5.74, 6) is 0.333. The summed E-state index contributed by atoms with van der Waals surface area (Å²) in [7, 11) is 1.84. The molecule has 2 heterocycles. The molecule has 1 saturated carbocycles. The minimum Gasteiger partial charge on any atom is -0.342 e. The largest absolute Gasteiger partial charge is 0.342 e. The molecule has 2 aliphatic rings. The minimum absolute atomic E-state index is 0.0543. The molecule has 0 N–H and O–H groups in total. The highest BCUT2D eigenvalue weighted by molar-refractivity contribution is 5.90. The first-order chi connectivity index (χ1) is 14.1. The Bertz CT molecular complexity index is 844. The van der Waals surface area contributed by atoms with Gasteiger partial charge in [-0.3, -0.25) is 14.6 Å². The second kappa shape index (κ2) is 8.76. The second-order valence-electron chi connectivity index (χ2n) is 8.28. The standard InChI is InChI=1S/C24H29N3O2/c1-26-15-16-27(23(28)21-5-3-2-4-6-21)22(24(26)29)17-18-7-9-19(10-8-18)20-11-13-25-14-12-20/h7-14,21-22H,2-6,15-17H2,1H3/t22-/m1/s1. The molecule has 2 amide bonds. The molecule has 1 aliphatic carbocycles. The van der Waals surface area contributed by atoms with Gasteiger partial charge in [-0.1, -0.05) is 43.5 Å². The number of amides is 2. The highest BCUT2D eigenvalue weighted by atomic mass is 16.2. The lowest BCUT2D eigenvalue weighted by molar-refractivity contribution is -0.153. The normalized spacial score (nSPS) is 20.7. The maximum Gasteiger partial charge on any atom is 0.245 e. The van der Waals surface area contributed by atoms with Gasteiger partial charge < -0.3 is 9.80 Å². The number of pyridine rings is 1. The van der Waals surface area contributed by atoms with Crippen molar-refractivity contribution in [3.63, 3.8) is 0 Å². The summed E-state index contributed by atoms with van der Waals surface area (Å²) in [6.07, 6.45) is 9.54. The van der Waals surface area contributed by atoms with Crippen molar-refractivity contribution in [2.75, 3.05) is 20.1 Å². The molecule has 29 heavy (non-hydrogen) atoms. The summed E-state index contributed by atoms with van der Waals surface area (Å²) in [6.45, 7) is 1.26. The van der Waals surface area contributed by atoms with Gasteiger partial charge in [0.2, 0.25) is 11.8 Å². The van der Waals surface area contributed by atoms with Crippen LogP contribution in [0.2, 0.25) is 0 Å². The van der Waals surface area contributed by atoms with Crippen molar-refractivity contribution in [1.29, 1.82) is 0 Å². The molecule has 0 unspecified atom stereocenters. The summed E-state index contributed by atoms with van der Waals surface area (Å²) in [6, 6.07) is 11.9. The van der Waals surface area contributed by atoms with E-state index in [-0.39, 0.29) is 17.7 Å². The smallest absolute Gasteiger partial charge is 0.245 e. The van der Waals surface area contributed by atoms with Crippen LogP contribution in [0.15, 0.2) is 48.8 Å². The van der Waals surface area contributed by atoms with E-state index in [4.69, 9.17) is 0 Å². The molecular formula is C24H29N3O2. The number of likely N-dealkylation sites (N-methyl/N-ethyl adjacent to an activating group) is 1. The minimum atomic E-state index is -0.394. The third-order valence-corrected chi connectivity index (χ3v) is 6.35. The van der Waals surface area contributed by atoms with Crippen molar-refractivity contribution < 1.29 is 9.59 Å². The number of nitrogens with zero attached hydrogens (tertiary/aromatic N) is 3. The third kappa shape index (κ3) is 4.34. The van der Waals surface area contributed by atoms with E-state index in [0.29, 0.717) is 19.5 Å². The Kier molecular flexibility index (Phi) is 5.93. The highest BCUT2D eigenvalue weighted by Gasteiger charge is 2.38. The molecule has 5 nitrogen and oxygen atoms in total. The first-order valence-corrected chi connectivity index (χ1v) is 10.7. The number of rotatable bonds is 4. The van der Waals surface area contributed by atoms with Crippen LogP contribution < -0.4 is 0 Å². The molecule has 1 aromatic heterocycles. The van der Waals surface area contributed by atoms with E-state index < -0.39 is 6.04 Å². The lowest BCUT2D eigenvalue weighted by Crippen LogP contribution is -2.59. The summed E-state index contributed by atoms with van der Waals surface area (Å²) in [5, 5.41) is 0. The Morgan fingerprint density at radius 3 is 2.31 bits per heavy atom. The highest BCUT2D eigenvalue weighted by Crippen LogP contribution is 2.28. The molecule has 2 aromatic rings. The summed E-state index contributed by atoms with van der Waals surface area (Å²) >= 11 is 0. The summed E-state index contributed by atoms with van der Waals surface area (Å²) in [4.78, 5) is 33.8. The number of carbonyl (C=O) groups excluding carboxylic acids is 2. The molecule has 4 rings (SSSR count). The molecule has 152 valence electrons. The van der Waals surface area contributed by atoms with Crippen LogP contribution in [-0.4, -0.2) is 52.8 Å². The first kappa shape index (κ1) is 19.6. The Hall–Kier alpha value is -2.69. The fraction of sp³-hybridized carbons (Fsp3) is 0.458. The van der Waals surface area contributed by atoms with Gasteiger partial charge in [-0.25, -0.2) is 0 Å². The Morgan fingerprint density at radius 1 is 0.966 bits per heavy atom. The Labute approximate surface area is 172 Å². The van der Waals surface area contributed by atoms with Gasteiger partial charge in [0.15, 0.2) is 0 Å². The number of hydrogen-bond donors (Lipinski definition) is 0. The van der Waals surface area contributed by atoms with Crippen molar-refractivity contribution in [1.82, 2.24) is 14.8 Å². The SMILES string of the molecule is CN1CCN(C(=O)C2CCCCC2)[C@H](Cc2ccc(-c3ccncc3)cc2)C1=O. The Balaban J connectivity index is 1.51. The molecule has 1 aliphatic heterocycles. The summed E-state index contributed by atoms with van der Waals surface area (Å²) < 4.78 is 0. The van der Waals surface area contributed by atoms with Crippen LogP contribution in [0.25, 0.3) is 11.1 Å². The fourth-order valence-electron chi connectivity index (χ4n) is 4.56. The van der Waals surface area contributed by atoms with Gasteiger partial charge in [-0.2, -0.15) is 0 Å². The lowest BCUT2D eigenvalue weighted by Gasteiger charge is -2.41. The number of benzene rings is 1. The molecule has 1 aromatic carbocycles. The molecule has 1 atom stereocenters. The van der Waals surface area contributed by atoms with E-state index >= 15 is 0 Å². The van der Waals surface area contributed by atoms with Gasteiger partial charge in [0.25, 0.3) is 0 Å². The van der Waals surface area contributed by atoms with E-state index in [1.807, 2.05) is 24.1 Å². The molecule has 0 spiro atoms. The number of hydrogen-bond acceptors (Lipinski definition) is 3. The number of aromatic nitrogens is 1. The zero-order valence-electron chi connectivity index (χ0n) is 17.1. The van der Waals surface area contributed by atoms with Gasteiger partial charge in [0.05, 0.1) is 0 Å². The van der Waals surface area contributed by atoms with Crippen LogP contribution in [0.3, 0.4) is 0 Å². The molecule has 0 bridgehead atoms. The van der Waals surface area contributed by atoms with Crippen molar-refractivity contribution in [3.05, 3.63) is 54.4 Å². The van der Waals surface area contributed by atoms with Crippen LogP contribution in [0.5, 0.6) is 0 Å². The van der Waals surface area contributed by atoms with Crippen molar-refractivity contribution in [3.8, 4) is 11.1 Å². The maximum atomic E-state index is 13.2. The lowest BCUT2D eigenvalue weighted by atomic mass is 9.87. The quantitative estimate of drug-likeness (QED) is 0.801. The van der Waals surface area contributed by atoms with E-state index in [2.05, 4.69) is 29.2 Å². The predicted octanol–water partition coefficient (Wildman–Crippen LogP) is 3.54. The van der Waals surface area contributed by atoms with Crippen molar-refractivity contribution in [2.24, 2.45) is 5.92 Å². The van der Waals surface area contributed by atoms with E-state index in [9.17, 15) is 9.59 Å². The fourth-order valence-corrected chi connectivity index (χ4v) is 4.56. The monoisotopic (exact) mass is 391 g/mol. The van der Waals surface area contributed by atoms with Gasteiger partial charge in [-0.15, -0.1) is 0 Å². The van der Waals surface area contributed by atoms with Gasteiger partial charge >= 0.3 is 0 Å². The van der Waals surface area contributed by atoms with Gasteiger partial charge in [0.1, 0.15) is 6.04 Å². The maximum absolute atomic E-state index is 13.2. The number of piperazine rings is 1. The average molecular weight is 392 g/mol. The zero-order chi connectivity index (χ0) is 20.2. The zero-order valence-corrected chi connectivity index (χ0v) is 17.1. The van der Waals surface area contributed by atoms with Gasteiger partial charge in [0, 0.05) is 44.9 Å². The van der Waals surface area contributed by atoms with Crippen LogP contribution in [-0.2, 0) is 16.0 Å². The first-order valence-electron chi connectivity index (χ1n) is 10.7. The third-order valence-electron chi connectivity index (χ3n) is 6.35. The molecular weight excluding hydrogens is 362 g/mol. The van der Waals surface area contributed by atoms with Crippen molar-refractivity contribution in [2.45, 2.75) is 44.6 Å². The topological polar surface area (TPSA) is 53.5 Å². The molecule has 5 heteroatoms. The van der Waals surface area contributed by atoms with Crippen molar-refractivity contribution >= 4 is 11.8 Å². The van der Waals surface area contributed by atoms with Gasteiger partial charge in [-0.05, 0) is 41.7 Å². The van der Waals surface area contributed by atoms with E-state index in [0.717, 1.165) is 42.4 Å². The molecule has 0 radical (unpaired) electrons. The second-order valence-corrected chi connectivity index (χ2v) is 8.28. The van der Waals surface area contributed by atoms with Crippen LogP contribution in [0.4, 0.5) is 0 Å². The number of carbonyl (C=O) groups is 2. The average Bonchev–Trinajstić information content (AvgIpc) is 2.78. The predicted molar refractivity (Wildman–Crippen MR) is 113 cm³/mol. The Morgan fingerprint density at radius 2 is 1.62 bits per heavy atom. The van der Waals surface area contributed by atoms with Crippen LogP contribution in [0.1, 0.15) is 37.7 Å².